The summed E-state index contributed by atoms with van der Waals surface area (Å²) < 4.78 is 26.5. The summed E-state index contributed by atoms with van der Waals surface area (Å²) in [5.41, 5.74) is -0.0546. The van der Waals surface area contributed by atoms with Gasteiger partial charge in [0.2, 0.25) is 5.91 Å². The molecule has 0 unspecified atom stereocenters. The fourth-order valence-corrected chi connectivity index (χ4v) is 1.90. The number of rotatable bonds is 5. The van der Waals surface area contributed by atoms with Crippen molar-refractivity contribution in [2.24, 2.45) is 0 Å². The van der Waals surface area contributed by atoms with Crippen LogP contribution in [0.2, 0.25) is 0 Å². The second-order valence-corrected chi connectivity index (χ2v) is 4.54. The topological polar surface area (TPSA) is 57.6 Å². The lowest BCUT2D eigenvalue weighted by molar-refractivity contribution is -0.144. The van der Waals surface area contributed by atoms with Crippen molar-refractivity contribution in [3.8, 4) is 0 Å². The van der Waals surface area contributed by atoms with Crippen LogP contribution >= 0.6 is 0 Å². The van der Waals surface area contributed by atoms with Gasteiger partial charge in [-0.15, -0.1) is 0 Å². The van der Waals surface area contributed by atoms with Crippen LogP contribution in [0.15, 0.2) is 18.2 Å². The molecule has 1 aliphatic rings. The Balaban J connectivity index is 2.10. The molecule has 0 spiro atoms. The average molecular weight is 269 g/mol. The molecule has 0 heterocycles. The zero-order valence-electron chi connectivity index (χ0n) is 10.1. The molecule has 1 saturated carbocycles. The Morgan fingerprint density at radius 2 is 2.00 bits per heavy atom. The number of benzene rings is 1. The molecule has 1 amide bonds. The number of carbonyl (C=O) groups excluding carboxylic acids is 1. The molecule has 4 nitrogen and oxygen atoms in total. The third-order valence-corrected chi connectivity index (χ3v) is 2.99. The molecular formula is C13H13F2NO3. The Morgan fingerprint density at radius 3 is 2.58 bits per heavy atom. The maximum absolute atomic E-state index is 13.4. The van der Waals surface area contributed by atoms with Crippen molar-refractivity contribution < 1.29 is 23.5 Å². The highest BCUT2D eigenvalue weighted by molar-refractivity contribution is 5.83. The fraction of sp³-hybridized carbons (Fsp3) is 0.385. The zero-order valence-corrected chi connectivity index (χ0v) is 10.1. The third kappa shape index (κ3) is 3.27. The van der Waals surface area contributed by atoms with Crippen molar-refractivity contribution in [3.63, 3.8) is 0 Å². The molecule has 102 valence electrons. The van der Waals surface area contributed by atoms with E-state index in [0.29, 0.717) is 0 Å². The van der Waals surface area contributed by atoms with Crippen molar-refractivity contribution in [1.29, 1.82) is 0 Å². The third-order valence-electron chi connectivity index (χ3n) is 2.99. The molecule has 19 heavy (non-hydrogen) atoms. The van der Waals surface area contributed by atoms with E-state index in [-0.39, 0.29) is 18.0 Å². The Morgan fingerprint density at radius 1 is 1.32 bits per heavy atom. The van der Waals surface area contributed by atoms with E-state index in [1.807, 2.05) is 0 Å². The number of halogens is 2. The number of carbonyl (C=O) groups is 2. The van der Waals surface area contributed by atoms with Crippen LogP contribution in [-0.4, -0.2) is 34.5 Å². The van der Waals surface area contributed by atoms with Crippen LogP contribution in [0.5, 0.6) is 0 Å². The molecule has 0 bridgehead atoms. The molecular weight excluding hydrogens is 256 g/mol. The predicted octanol–water partition coefficient (Wildman–Crippen LogP) is 1.58. The minimum absolute atomic E-state index is 0.0546. The first kappa shape index (κ1) is 13.5. The average Bonchev–Trinajstić information content (AvgIpc) is 3.16. The van der Waals surface area contributed by atoms with Gasteiger partial charge in [0.15, 0.2) is 11.6 Å². The second kappa shape index (κ2) is 5.34. The molecule has 1 aliphatic carbocycles. The summed E-state index contributed by atoms with van der Waals surface area (Å²) in [4.78, 5) is 23.9. The van der Waals surface area contributed by atoms with Crippen LogP contribution in [0.25, 0.3) is 0 Å². The number of nitrogens with zero attached hydrogens (tertiary/aromatic N) is 1. The molecule has 1 N–H and O–H groups in total. The van der Waals surface area contributed by atoms with Gasteiger partial charge < -0.3 is 10.0 Å². The molecule has 6 heteroatoms. The lowest BCUT2D eigenvalue weighted by atomic mass is 10.1. The number of hydrogen-bond donors (Lipinski definition) is 1. The summed E-state index contributed by atoms with van der Waals surface area (Å²) in [5.74, 6) is -3.67. The standard InChI is InChI=1S/C13H13F2NO3/c14-10-3-1-2-8(13(10)15)6-11(17)16(7-12(18)19)9-4-5-9/h1-3,9H,4-7H2,(H,18,19). The molecule has 0 aromatic heterocycles. The van der Waals surface area contributed by atoms with Crippen molar-refractivity contribution in [2.45, 2.75) is 25.3 Å². The number of carboxylic acid groups (broad SMARTS) is 1. The van der Waals surface area contributed by atoms with E-state index >= 15 is 0 Å². The van der Waals surface area contributed by atoms with Gasteiger partial charge in [-0.1, -0.05) is 12.1 Å². The van der Waals surface area contributed by atoms with E-state index in [1.54, 1.807) is 0 Å². The smallest absolute Gasteiger partial charge is 0.323 e. The molecule has 1 aromatic carbocycles. The number of carboxylic acids is 1. The summed E-state index contributed by atoms with van der Waals surface area (Å²) in [7, 11) is 0. The summed E-state index contributed by atoms with van der Waals surface area (Å²) in [6.45, 7) is -0.402. The Kier molecular flexibility index (Phi) is 3.78. The van der Waals surface area contributed by atoms with Crippen LogP contribution in [0.4, 0.5) is 8.78 Å². The van der Waals surface area contributed by atoms with Crippen LogP contribution < -0.4 is 0 Å². The summed E-state index contributed by atoms with van der Waals surface area (Å²) in [5, 5.41) is 8.75. The molecule has 0 radical (unpaired) electrons. The molecule has 1 aromatic rings. The van der Waals surface area contributed by atoms with E-state index in [2.05, 4.69) is 0 Å². The number of amides is 1. The summed E-state index contributed by atoms with van der Waals surface area (Å²) in [6.07, 6.45) is 1.18. The van der Waals surface area contributed by atoms with Gasteiger partial charge >= 0.3 is 5.97 Å². The predicted molar refractivity (Wildman–Crippen MR) is 62.4 cm³/mol. The molecule has 0 saturated heterocycles. The highest BCUT2D eigenvalue weighted by atomic mass is 19.2. The monoisotopic (exact) mass is 269 g/mol. The van der Waals surface area contributed by atoms with E-state index in [1.165, 1.54) is 17.0 Å². The Hall–Kier alpha value is -1.98. The van der Waals surface area contributed by atoms with Crippen molar-refractivity contribution in [2.75, 3.05) is 6.54 Å². The minimum Gasteiger partial charge on any atom is -0.480 e. The van der Waals surface area contributed by atoms with Gasteiger partial charge in [0.25, 0.3) is 0 Å². The van der Waals surface area contributed by atoms with E-state index in [4.69, 9.17) is 5.11 Å². The highest BCUT2D eigenvalue weighted by Crippen LogP contribution is 2.27. The number of aliphatic carboxylic acids is 1. The molecule has 0 aliphatic heterocycles. The van der Waals surface area contributed by atoms with Crippen LogP contribution in [-0.2, 0) is 16.0 Å². The SMILES string of the molecule is O=C(O)CN(C(=O)Cc1cccc(F)c1F)C1CC1. The van der Waals surface area contributed by atoms with E-state index in [9.17, 15) is 18.4 Å². The Bertz CT molecular complexity index is 515. The number of hydrogen-bond acceptors (Lipinski definition) is 2. The van der Waals surface area contributed by atoms with Gasteiger partial charge in [0.05, 0.1) is 6.42 Å². The van der Waals surface area contributed by atoms with E-state index < -0.39 is 30.1 Å². The largest absolute Gasteiger partial charge is 0.480 e. The first-order chi connectivity index (χ1) is 8.99. The fourth-order valence-electron chi connectivity index (χ4n) is 1.90. The second-order valence-electron chi connectivity index (χ2n) is 4.54. The quantitative estimate of drug-likeness (QED) is 0.883. The van der Waals surface area contributed by atoms with Gasteiger partial charge in [-0.3, -0.25) is 9.59 Å². The minimum atomic E-state index is -1.11. The van der Waals surface area contributed by atoms with Gasteiger partial charge in [-0.05, 0) is 18.9 Å². The van der Waals surface area contributed by atoms with E-state index in [0.717, 1.165) is 18.9 Å². The first-order valence-corrected chi connectivity index (χ1v) is 5.93. The van der Waals surface area contributed by atoms with Crippen LogP contribution in [0.3, 0.4) is 0 Å². The highest BCUT2D eigenvalue weighted by Gasteiger charge is 2.34. The van der Waals surface area contributed by atoms with Crippen molar-refractivity contribution in [3.05, 3.63) is 35.4 Å². The summed E-state index contributed by atoms with van der Waals surface area (Å²) >= 11 is 0. The van der Waals surface area contributed by atoms with Crippen LogP contribution in [0, 0.1) is 11.6 Å². The Labute approximate surface area is 108 Å². The summed E-state index contributed by atoms with van der Waals surface area (Å²) in [6, 6.07) is 3.53. The van der Waals surface area contributed by atoms with Crippen molar-refractivity contribution in [1.82, 2.24) is 4.90 Å². The molecule has 2 rings (SSSR count). The molecule has 1 fully saturated rings. The first-order valence-electron chi connectivity index (χ1n) is 5.93. The lowest BCUT2D eigenvalue weighted by Gasteiger charge is -2.20. The van der Waals surface area contributed by atoms with Gasteiger partial charge in [-0.2, -0.15) is 0 Å². The molecule has 0 atom stereocenters. The zero-order chi connectivity index (χ0) is 14.0. The maximum Gasteiger partial charge on any atom is 0.323 e. The van der Waals surface area contributed by atoms with Gasteiger partial charge in [0, 0.05) is 11.6 Å². The van der Waals surface area contributed by atoms with Gasteiger partial charge in [-0.25, -0.2) is 8.78 Å². The lowest BCUT2D eigenvalue weighted by Crippen LogP contribution is -2.38. The normalized spacial score (nSPS) is 14.2. The maximum atomic E-state index is 13.4. The van der Waals surface area contributed by atoms with Crippen molar-refractivity contribution >= 4 is 11.9 Å². The van der Waals surface area contributed by atoms with Crippen LogP contribution in [0.1, 0.15) is 18.4 Å². The van der Waals surface area contributed by atoms with Gasteiger partial charge in [0.1, 0.15) is 6.54 Å².